The van der Waals surface area contributed by atoms with E-state index in [9.17, 15) is 0 Å². The first-order valence-electron chi connectivity index (χ1n) is 3.49. The van der Waals surface area contributed by atoms with Crippen molar-refractivity contribution in [1.82, 2.24) is 4.98 Å². The highest BCUT2D eigenvalue weighted by molar-refractivity contribution is 8.01. The normalized spacial score (nSPS) is 9.17. The molecule has 0 aromatic carbocycles. The van der Waals surface area contributed by atoms with Gasteiger partial charge in [-0.25, -0.2) is 4.98 Å². The average Bonchev–Trinajstić information content (AvgIpc) is 2.31. The Labute approximate surface area is 80.6 Å². The number of nitrogens with zero attached hydrogens (tertiary/aromatic N) is 1. The van der Waals surface area contributed by atoms with Crippen LogP contribution in [0.15, 0.2) is 4.21 Å². The first-order valence-corrected chi connectivity index (χ1v) is 5.29. The Morgan fingerprint density at radius 1 is 1.67 bits per heavy atom. The zero-order valence-corrected chi connectivity index (χ0v) is 8.68. The lowest BCUT2D eigenvalue weighted by molar-refractivity contribution is 1.22. The summed E-state index contributed by atoms with van der Waals surface area (Å²) in [6, 6.07) is 0. The van der Waals surface area contributed by atoms with Gasteiger partial charge in [-0.1, -0.05) is 17.3 Å². The van der Waals surface area contributed by atoms with E-state index in [0.717, 1.165) is 11.4 Å². The Morgan fingerprint density at radius 3 is 2.92 bits per heavy atom. The van der Waals surface area contributed by atoms with Gasteiger partial charge in [-0.15, -0.1) is 17.7 Å². The molecule has 0 radical (unpaired) electrons. The van der Waals surface area contributed by atoms with Crippen molar-refractivity contribution in [3.05, 3.63) is 5.69 Å². The zero-order chi connectivity index (χ0) is 8.97. The molecular weight excluding hydrogens is 188 g/mol. The van der Waals surface area contributed by atoms with Crippen LogP contribution in [0.4, 0.5) is 5.13 Å². The topological polar surface area (TPSA) is 38.9 Å². The molecule has 4 heteroatoms. The maximum Gasteiger partial charge on any atom is 0.181 e. The summed E-state index contributed by atoms with van der Waals surface area (Å²) < 4.78 is 1.18. The van der Waals surface area contributed by atoms with Gasteiger partial charge in [0.1, 0.15) is 0 Å². The van der Waals surface area contributed by atoms with E-state index < -0.39 is 0 Å². The van der Waals surface area contributed by atoms with E-state index in [1.165, 1.54) is 15.5 Å². The third-order valence-corrected chi connectivity index (χ3v) is 3.45. The maximum absolute atomic E-state index is 5.54. The summed E-state index contributed by atoms with van der Waals surface area (Å²) in [5, 5.41) is 0.638. The lowest BCUT2D eigenvalue weighted by atomic mass is 10.6. The molecule has 1 heterocycles. The molecule has 2 nitrogen and oxygen atoms in total. The maximum atomic E-state index is 5.54. The molecule has 0 amide bonds. The van der Waals surface area contributed by atoms with E-state index in [4.69, 9.17) is 5.73 Å². The first kappa shape index (κ1) is 9.43. The number of nitrogen functional groups attached to an aromatic ring is 1. The smallest absolute Gasteiger partial charge is 0.181 e. The summed E-state index contributed by atoms with van der Waals surface area (Å²) in [6.07, 6.45) is 0. The van der Waals surface area contributed by atoms with Crippen molar-refractivity contribution in [3.8, 4) is 11.8 Å². The fraction of sp³-hybridized carbons (Fsp3) is 0.375. The van der Waals surface area contributed by atoms with Crippen LogP contribution in [0, 0.1) is 18.8 Å². The number of hydrogen-bond acceptors (Lipinski definition) is 4. The summed E-state index contributed by atoms with van der Waals surface area (Å²) in [6.45, 7) is 3.81. The number of thioether (sulfide) groups is 1. The predicted octanol–water partition coefficient (Wildman–Crippen LogP) is 2.15. The molecule has 0 aliphatic carbocycles. The van der Waals surface area contributed by atoms with Crippen molar-refractivity contribution in [2.75, 3.05) is 11.5 Å². The average molecular weight is 198 g/mol. The second kappa shape index (κ2) is 4.39. The molecular formula is C8H10N2S2. The number of aromatic nitrogens is 1. The molecule has 0 unspecified atom stereocenters. The van der Waals surface area contributed by atoms with Gasteiger partial charge in [-0.3, -0.25) is 0 Å². The molecule has 12 heavy (non-hydrogen) atoms. The van der Waals surface area contributed by atoms with Gasteiger partial charge in [0.2, 0.25) is 0 Å². The van der Waals surface area contributed by atoms with Gasteiger partial charge in [-0.2, -0.15) is 0 Å². The van der Waals surface area contributed by atoms with E-state index in [2.05, 4.69) is 16.8 Å². The number of anilines is 1. The highest BCUT2D eigenvalue weighted by atomic mass is 32.2. The SMILES string of the molecule is CC#CCSc1sc(N)nc1C. The minimum atomic E-state index is 0.638. The quantitative estimate of drug-likeness (QED) is 0.584. The predicted molar refractivity (Wildman–Crippen MR) is 55.4 cm³/mol. The van der Waals surface area contributed by atoms with Crippen LogP contribution in [0.1, 0.15) is 12.6 Å². The number of hydrogen-bond donors (Lipinski definition) is 1. The Morgan fingerprint density at radius 2 is 2.42 bits per heavy atom. The zero-order valence-electron chi connectivity index (χ0n) is 7.05. The summed E-state index contributed by atoms with van der Waals surface area (Å²) in [5.41, 5.74) is 6.56. The van der Waals surface area contributed by atoms with E-state index in [-0.39, 0.29) is 0 Å². The molecule has 1 aromatic heterocycles. The lowest BCUT2D eigenvalue weighted by Gasteiger charge is -1.90. The van der Waals surface area contributed by atoms with Crippen LogP contribution in [0.25, 0.3) is 0 Å². The monoisotopic (exact) mass is 198 g/mol. The van der Waals surface area contributed by atoms with Crippen molar-refractivity contribution in [3.63, 3.8) is 0 Å². The van der Waals surface area contributed by atoms with Crippen molar-refractivity contribution >= 4 is 28.2 Å². The van der Waals surface area contributed by atoms with Gasteiger partial charge in [0.15, 0.2) is 5.13 Å². The Balaban J connectivity index is 2.60. The van der Waals surface area contributed by atoms with Crippen LogP contribution in [-0.2, 0) is 0 Å². The fourth-order valence-corrected chi connectivity index (χ4v) is 2.55. The standard InChI is InChI=1S/C8H10N2S2/c1-3-4-5-11-7-6(2)10-8(9)12-7/h5H2,1-2H3,(H2,9,10). The van der Waals surface area contributed by atoms with Crippen molar-refractivity contribution < 1.29 is 0 Å². The molecule has 0 saturated heterocycles. The highest BCUT2D eigenvalue weighted by Crippen LogP contribution is 2.29. The molecule has 2 N–H and O–H groups in total. The fourth-order valence-electron chi connectivity index (χ4n) is 0.710. The minimum Gasteiger partial charge on any atom is -0.375 e. The molecule has 0 aliphatic heterocycles. The highest BCUT2D eigenvalue weighted by Gasteiger charge is 2.03. The van der Waals surface area contributed by atoms with Crippen LogP contribution < -0.4 is 5.73 Å². The van der Waals surface area contributed by atoms with Crippen LogP contribution >= 0.6 is 23.1 Å². The molecule has 0 aliphatic rings. The molecule has 1 rings (SSSR count). The van der Waals surface area contributed by atoms with Gasteiger partial charge < -0.3 is 5.73 Å². The van der Waals surface area contributed by atoms with Crippen molar-refractivity contribution in [1.29, 1.82) is 0 Å². The molecule has 0 saturated carbocycles. The van der Waals surface area contributed by atoms with Gasteiger partial charge in [0.25, 0.3) is 0 Å². The Kier molecular flexibility index (Phi) is 3.45. The summed E-state index contributed by atoms with van der Waals surface area (Å²) in [4.78, 5) is 4.12. The number of nitrogens with two attached hydrogens (primary N) is 1. The van der Waals surface area contributed by atoms with Gasteiger partial charge in [-0.05, 0) is 13.8 Å². The van der Waals surface area contributed by atoms with Crippen LogP contribution in [0.3, 0.4) is 0 Å². The largest absolute Gasteiger partial charge is 0.375 e. The van der Waals surface area contributed by atoms with Crippen LogP contribution in [-0.4, -0.2) is 10.7 Å². The van der Waals surface area contributed by atoms with Crippen molar-refractivity contribution in [2.45, 2.75) is 18.1 Å². The first-order chi connectivity index (χ1) is 5.74. The van der Waals surface area contributed by atoms with E-state index in [1.54, 1.807) is 11.8 Å². The van der Waals surface area contributed by atoms with Crippen LogP contribution in [0.2, 0.25) is 0 Å². The molecule has 1 aromatic rings. The van der Waals surface area contributed by atoms with E-state index in [0.29, 0.717) is 5.13 Å². The summed E-state index contributed by atoms with van der Waals surface area (Å²) in [7, 11) is 0. The third-order valence-electron chi connectivity index (χ3n) is 1.22. The molecule has 0 fully saturated rings. The second-order valence-electron chi connectivity index (χ2n) is 2.14. The molecule has 64 valence electrons. The molecule has 0 spiro atoms. The van der Waals surface area contributed by atoms with E-state index >= 15 is 0 Å². The number of rotatable bonds is 2. The minimum absolute atomic E-state index is 0.638. The van der Waals surface area contributed by atoms with Crippen LogP contribution in [0.5, 0.6) is 0 Å². The summed E-state index contributed by atoms with van der Waals surface area (Å²) in [5.74, 6) is 6.65. The second-order valence-corrected chi connectivity index (χ2v) is 4.42. The summed E-state index contributed by atoms with van der Waals surface area (Å²) >= 11 is 3.22. The third kappa shape index (κ3) is 2.43. The Hall–Kier alpha value is -0.660. The number of thiazole rings is 1. The van der Waals surface area contributed by atoms with Crippen molar-refractivity contribution in [2.24, 2.45) is 0 Å². The number of aryl methyl sites for hydroxylation is 1. The lowest BCUT2D eigenvalue weighted by Crippen LogP contribution is -1.80. The molecule has 0 atom stereocenters. The van der Waals surface area contributed by atoms with E-state index in [1.807, 2.05) is 13.8 Å². The van der Waals surface area contributed by atoms with Gasteiger partial charge in [0.05, 0.1) is 15.7 Å². The Bertz CT molecular complexity index is 320. The van der Waals surface area contributed by atoms with Gasteiger partial charge in [0, 0.05) is 0 Å². The molecule has 0 bridgehead atoms. The van der Waals surface area contributed by atoms with Gasteiger partial charge >= 0.3 is 0 Å².